The van der Waals surface area contributed by atoms with Gasteiger partial charge in [-0.05, 0) is 37.2 Å². The SMILES string of the molecule is CCCN1CCN(C(=O)c2cc(-c3ccncc3)nc3ccccc23)CC1. The molecule has 138 valence electrons. The molecule has 0 spiro atoms. The molecule has 0 unspecified atom stereocenters. The summed E-state index contributed by atoms with van der Waals surface area (Å²) in [6.07, 6.45) is 4.65. The van der Waals surface area contributed by atoms with Crippen molar-refractivity contribution in [1.82, 2.24) is 19.8 Å². The van der Waals surface area contributed by atoms with Crippen molar-refractivity contribution in [3.05, 3.63) is 60.4 Å². The maximum atomic E-state index is 13.3. The number of hydrogen-bond acceptors (Lipinski definition) is 4. The highest BCUT2D eigenvalue weighted by atomic mass is 16.2. The molecule has 1 aliphatic heterocycles. The van der Waals surface area contributed by atoms with Crippen LogP contribution in [0.3, 0.4) is 0 Å². The third-order valence-corrected chi connectivity index (χ3v) is 5.12. The van der Waals surface area contributed by atoms with E-state index in [0.717, 1.165) is 66.9 Å². The summed E-state index contributed by atoms with van der Waals surface area (Å²) in [4.78, 5) is 26.6. The van der Waals surface area contributed by atoms with E-state index in [-0.39, 0.29) is 5.91 Å². The fraction of sp³-hybridized carbons (Fsp3) is 0.318. The molecule has 1 aromatic carbocycles. The Bertz CT molecular complexity index is 933. The Morgan fingerprint density at radius 2 is 1.78 bits per heavy atom. The van der Waals surface area contributed by atoms with Gasteiger partial charge in [0.05, 0.1) is 16.8 Å². The number of aromatic nitrogens is 2. The first-order valence-electron chi connectivity index (χ1n) is 9.58. The third-order valence-electron chi connectivity index (χ3n) is 5.12. The molecule has 5 nitrogen and oxygen atoms in total. The largest absolute Gasteiger partial charge is 0.336 e. The predicted octanol–water partition coefficient (Wildman–Crippen LogP) is 3.46. The van der Waals surface area contributed by atoms with Crippen LogP contribution in [0, 0.1) is 0 Å². The zero-order valence-electron chi connectivity index (χ0n) is 15.6. The maximum Gasteiger partial charge on any atom is 0.254 e. The number of rotatable bonds is 4. The second-order valence-electron chi connectivity index (χ2n) is 6.94. The summed E-state index contributed by atoms with van der Waals surface area (Å²) in [6.45, 7) is 6.74. The molecule has 2 aromatic heterocycles. The van der Waals surface area contributed by atoms with Gasteiger partial charge in [0.2, 0.25) is 0 Å². The molecule has 0 aliphatic carbocycles. The van der Waals surface area contributed by atoms with E-state index in [9.17, 15) is 4.79 Å². The normalized spacial score (nSPS) is 15.2. The van der Waals surface area contributed by atoms with Crippen molar-refractivity contribution in [1.29, 1.82) is 0 Å². The molecule has 1 amide bonds. The van der Waals surface area contributed by atoms with Crippen LogP contribution >= 0.6 is 0 Å². The third kappa shape index (κ3) is 3.69. The van der Waals surface area contributed by atoms with Crippen molar-refractivity contribution < 1.29 is 4.79 Å². The fourth-order valence-corrected chi connectivity index (χ4v) is 3.68. The number of fused-ring (bicyclic) bond motifs is 1. The molecule has 0 saturated carbocycles. The van der Waals surface area contributed by atoms with Crippen LogP contribution in [0.5, 0.6) is 0 Å². The standard InChI is InChI=1S/C22H24N4O/c1-2-11-25-12-14-26(15-13-25)22(27)19-16-21(17-7-9-23-10-8-17)24-20-6-4-3-5-18(19)20/h3-10,16H,2,11-15H2,1H3. The van der Waals surface area contributed by atoms with Crippen molar-refractivity contribution in [2.45, 2.75) is 13.3 Å². The second-order valence-corrected chi connectivity index (χ2v) is 6.94. The molecular formula is C22H24N4O. The molecular weight excluding hydrogens is 336 g/mol. The minimum absolute atomic E-state index is 0.0973. The van der Waals surface area contributed by atoms with E-state index in [2.05, 4.69) is 16.8 Å². The van der Waals surface area contributed by atoms with Gasteiger partial charge in [-0.25, -0.2) is 4.98 Å². The van der Waals surface area contributed by atoms with Gasteiger partial charge in [-0.1, -0.05) is 25.1 Å². The molecule has 1 saturated heterocycles. The van der Waals surface area contributed by atoms with Crippen LogP contribution in [0.4, 0.5) is 0 Å². The fourth-order valence-electron chi connectivity index (χ4n) is 3.68. The molecule has 5 heteroatoms. The quantitative estimate of drug-likeness (QED) is 0.715. The van der Waals surface area contributed by atoms with Crippen LogP contribution in [0.1, 0.15) is 23.7 Å². The number of carbonyl (C=O) groups excluding carboxylic acids is 1. The van der Waals surface area contributed by atoms with Crippen molar-refractivity contribution in [3.8, 4) is 11.3 Å². The lowest BCUT2D eigenvalue weighted by Gasteiger charge is -2.34. The smallest absolute Gasteiger partial charge is 0.254 e. The Kier molecular flexibility index (Phi) is 5.12. The van der Waals surface area contributed by atoms with E-state index >= 15 is 0 Å². The number of carbonyl (C=O) groups is 1. The number of piperazine rings is 1. The molecule has 3 aromatic rings. The van der Waals surface area contributed by atoms with E-state index in [0.29, 0.717) is 0 Å². The Balaban J connectivity index is 1.69. The van der Waals surface area contributed by atoms with E-state index in [1.807, 2.05) is 47.4 Å². The average molecular weight is 360 g/mol. The Morgan fingerprint density at radius 1 is 1.04 bits per heavy atom. The highest BCUT2D eigenvalue weighted by Gasteiger charge is 2.24. The van der Waals surface area contributed by atoms with Gasteiger partial charge in [0.1, 0.15) is 0 Å². The highest BCUT2D eigenvalue weighted by Crippen LogP contribution is 2.26. The highest BCUT2D eigenvalue weighted by molar-refractivity contribution is 6.07. The van der Waals surface area contributed by atoms with E-state index in [1.165, 1.54) is 0 Å². The Labute approximate surface area is 159 Å². The topological polar surface area (TPSA) is 49.3 Å². The van der Waals surface area contributed by atoms with Crippen LogP contribution in [0.25, 0.3) is 22.2 Å². The monoisotopic (exact) mass is 360 g/mol. The lowest BCUT2D eigenvalue weighted by molar-refractivity contribution is 0.0639. The van der Waals surface area contributed by atoms with Gasteiger partial charge in [0, 0.05) is 49.5 Å². The number of benzene rings is 1. The molecule has 0 radical (unpaired) electrons. The molecule has 0 N–H and O–H groups in total. The van der Waals surface area contributed by atoms with Gasteiger partial charge in [0.25, 0.3) is 5.91 Å². The molecule has 4 rings (SSSR count). The van der Waals surface area contributed by atoms with E-state index in [1.54, 1.807) is 12.4 Å². The first kappa shape index (κ1) is 17.6. The zero-order chi connectivity index (χ0) is 18.6. The average Bonchev–Trinajstić information content (AvgIpc) is 2.74. The van der Waals surface area contributed by atoms with Crippen LogP contribution < -0.4 is 0 Å². The minimum Gasteiger partial charge on any atom is -0.336 e. The second kappa shape index (κ2) is 7.84. The molecule has 1 aliphatic rings. The van der Waals surface area contributed by atoms with Crippen LogP contribution in [0.2, 0.25) is 0 Å². The number of nitrogens with zero attached hydrogens (tertiary/aromatic N) is 4. The summed E-state index contributed by atoms with van der Waals surface area (Å²) in [7, 11) is 0. The van der Waals surface area contributed by atoms with Gasteiger partial charge in [0.15, 0.2) is 0 Å². The van der Waals surface area contributed by atoms with Gasteiger partial charge >= 0.3 is 0 Å². The molecule has 1 fully saturated rings. The number of para-hydroxylation sites is 1. The number of pyridine rings is 2. The van der Waals surface area contributed by atoms with Gasteiger partial charge < -0.3 is 4.90 Å². The van der Waals surface area contributed by atoms with Crippen LogP contribution in [0.15, 0.2) is 54.9 Å². The van der Waals surface area contributed by atoms with Crippen LogP contribution in [-0.4, -0.2) is 58.4 Å². The Morgan fingerprint density at radius 3 is 2.52 bits per heavy atom. The molecule has 27 heavy (non-hydrogen) atoms. The first-order chi connectivity index (χ1) is 13.3. The lowest BCUT2D eigenvalue weighted by Crippen LogP contribution is -2.48. The van der Waals surface area contributed by atoms with Gasteiger partial charge in [-0.3, -0.25) is 14.7 Å². The maximum absolute atomic E-state index is 13.3. The van der Waals surface area contributed by atoms with E-state index in [4.69, 9.17) is 4.98 Å². The van der Waals surface area contributed by atoms with E-state index < -0.39 is 0 Å². The van der Waals surface area contributed by atoms with Gasteiger partial charge in [-0.2, -0.15) is 0 Å². The molecule has 3 heterocycles. The Hall–Kier alpha value is -2.79. The van der Waals surface area contributed by atoms with Crippen molar-refractivity contribution in [3.63, 3.8) is 0 Å². The van der Waals surface area contributed by atoms with Gasteiger partial charge in [-0.15, -0.1) is 0 Å². The summed E-state index contributed by atoms with van der Waals surface area (Å²) >= 11 is 0. The summed E-state index contributed by atoms with van der Waals surface area (Å²) in [5, 5.41) is 0.913. The number of hydrogen-bond donors (Lipinski definition) is 0. The predicted molar refractivity (Wildman–Crippen MR) is 108 cm³/mol. The summed E-state index contributed by atoms with van der Waals surface area (Å²) in [5.41, 5.74) is 3.36. The van der Waals surface area contributed by atoms with Crippen molar-refractivity contribution >= 4 is 16.8 Å². The van der Waals surface area contributed by atoms with Crippen molar-refractivity contribution in [2.24, 2.45) is 0 Å². The number of amides is 1. The summed E-state index contributed by atoms with van der Waals surface area (Å²) < 4.78 is 0. The summed E-state index contributed by atoms with van der Waals surface area (Å²) in [5.74, 6) is 0.0973. The molecule has 0 atom stereocenters. The zero-order valence-corrected chi connectivity index (χ0v) is 15.6. The summed E-state index contributed by atoms with van der Waals surface area (Å²) in [6, 6.07) is 13.7. The first-order valence-corrected chi connectivity index (χ1v) is 9.58. The van der Waals surface area contributed by atoms with Crippen molar-refractivity contribution in [2.75, 3.05) is 32.7 Å². The molecule has 0 bridgehead atoms. The minimum atomic E-state index is 0.0973. The lowest BCUT2D eigenvalue weighted by atomic mass is 10.0. The van der Waals surface area contributed by atoms with Crippen LogP contribution in [-0.2, 0) is 0 Å².